The summed E-state index contributed by atoms with van der Waals surface area (Å²) in [5.41, 5.74) is 2.62. The predicted octanol–water partition coefficient (Wildman–Crippen LogP) is 2.20. The predicted molar refractivity (Wildman–Crippen MR) is 72.8 cm³/mol. The average Bonchev–Trinajstić information content (AvgIpc) is 3.17. The number of aryl methyl sites for hydroxylation is 3. The van der Waals surface area contributed by atoms with E-state index >= 15 is 0 Å². The van der Waals surface area contributed by atoms with Gasteiger partial charge in [0.05, 0.1) is 0 Å². The smallest absolute Gasteiger partial charge is 0.159 e. The van der Waals surface area contributed by atoms with Crippen molar-refractivity contribution in [3.63, 3.8) is 0 Å². The van der Waals surface area contributed by atoms with Gasteiger partial charge in [-0.25, -0.2) is 0 Å². The van der Waals surface area contributed by atoms with E-state index in [4.69, 9.17) is 0 Å². The maximum Gasteiger partial charge on any atom is 0.159 e. The Labute approximate surface area is 113 Å². The molecular formula is C15H19N3O. The molecule has 19 heavy (non-hydrogen) atoms. The Kier molecular flexibility index (Phi) is 3.34. The Bertz CT molecular complexity index is 573. The Morgan fingerprint density at radius 1 is 1.21 bits per heavy atom. The van der Waals surface area contributed by atoms with E-state index in [0.29, 0.717) is 11.9 Å². The van der Waals surface area contributed by atoms with E-state index < -0.39 is 0 Å². The third-order valence-corrected chi connectivity index (χ3v) is 3.61. The molecule has 1 fully saturated rings. The lowest BCUT2D eigenvalue weighted by molar-refractivity contribution is 0.264. The van der Waals surface area contributed by atoms with Crippen molar-refractivity contribution in [1.82, 2.24) is 14.8 Å². The van der Waals surface area contributed by atoms with E-state index in [2.05, 4.69) is 46.0 Å². The van der Waals surface area contributed by atoms with Gasteiger partial charge in [-0.3, -0.25) is 0 Å². The van der Waals surface area contributed by atoms with Gasteiger partial charge in [-0.2, -0.15) is 0 Å². The molecule has 4 nitrogen and oxygen atoms in total. The molecule has 0 radical (unpaired) electrons. The second kappa shape index (κ2) is 5.13. The number of nitrogens with zero attached hydrogens (tertiary/aromatic N) is 3. The highest BCUT2D eigenvalue weighted by Gasteiger charge is 2.28. The number of hydrogen-bond acceptors (Lipinski definition) is 3. The summed E-state index contributed by atoms with van der Waals surface area (Å²) in [7, 11) is 0. The maximum absolute atomic E-state index is 9.31. The van der Waals surface area contributed by atoms with Crippen LogP contribution in [-0.4, -0.2) is 19.9 Å². The lowest BCUT2D eigenvalue weighted by Gasteiger charge is -2.08. The molecule has 1 aliphatic carbocycles. The summed E-state index contributed by atoms with van der Waals surface area (Å²) in [5.74, 6) is 1.72. The van der Waals surface area contributed by atoms with Crippen molar-refractivity contribution in [2.24, 2.45) is 0 Å². The topological polar surface area (TPSA) is 50.9 Å². The fourth-order valence-electron chi connectivity index (χ4n) is 2.52. The van der Waals surface area contributed by atoms with Gasteiger partial charge in [0.15, 0.2) is 5.82 Å². The molecule has 1 aromatic carbocycles. The van der Waals surface area contributed by atoms with Gasteiger partial charge < -0.3 is 9.67 Å². The zero-order valence-corrected chi connectivity index (χ0v) is 11.2. The summed E-state index contributed by atoms with van der Waals surface area (Å²) in [6.07, 6.45) is 4.22. The van der Waals surface area contributed by atoms with Gasteiger partial charge in [0.25, 0.3) is 0 Å². The number of benzene rings is 1. The molecule has 0 aliphatic heterocycles. The molecule has 4 heteroatoms. The van der Waals surface area contributed by atoms with Crippen LogP contribution in [0.15, 0.2) is 24.3 Å². The molecule has 1 aliphatic rings. The normalized spacial score (nSPS) is 14.8. The number of aliphatic hydroxyl groups excluding tert-OH is 1. The minimum atomic E-state index is -0.0199. The van der Waals surface area contributed by atoms with Crippen molar-refractivity contribution in [3.8, 4) is 0 Å². The number of aromatic nitrogens is 3. The summed E-state index contributed by atoms with van der Waals surface area (Å²) in [6.45, 7) is 2.09. The van der Waals surface area contributed by atoms with E-state index in [9.17, 15) is 5.11 Å². The van der Waals surface area contributed by atoms with Gasteiger partial charge in [0.2, 0.25) is 0 Å². The minimum absolute atomic E-state index is 0.0199. The van der Waals surface area contributed by atoms with Crippen LogP contribution < -0.4 is 0 Å². The molecular weight excluding hydrogens is 238 g/mol. The molecule has 0 atom stereocenters. The highest BCUT2D eigenvalue weighted by molar-refractivity contribution is 5.22. The summed E-state index contributed by atoms with van der Waals surface area (Å²) in [5, 5.41) is 17.6. The lowest BCUT2D eigenvalue weighted by atomic mass is 10.1. The first kappa shape index (κ1) is 12.4. The number of hydrogen-bond donors (Lipinski definition) is 1. The fourth-order valence-corrected chi connectivity index (χ4v) is 2.52. The van der Waals surface area contributed by atoms with Gasteiger partial charge in [0, 0.05) is 12.5 Å². The summed E-state index contributed by atoms with van der Waals surface area (Å²) in [4.78, 5) is 0. The summed E-state index contributed by atoms with van der Waals surface area (Å²) < 4.78 is 2.13. The van der Waals surface area contributed by atoms with Crippen molar-refractivity contribution in [2.75, 3.05) is 0 Å². The molecule has 0 amide bonds. The van der Waals surface area contributed by atoms with Crippen molar-refractivity contribution in [1.29, 1.82) is 0 Å². The molecule has 0 unspecified atom stereocenters. The molecule has 0 spiro atoms. The van der Waals surface area contributed by atoms with E-state index in [1.54, 1.807) is 0 Å². The molecule has 0 saturated heterocycles. The molecule has 1 saturated carbocycles. The van der Waals surface area contributed by atoms with Crippen LogP contribution in [0.1, 0.15) is 41.7 Å². The molecule has 1 N–H and O–H groups in total. The number of rotatable bonds is 5. The van der Waals surface area contributed by atoms with Crippen molar-refractivity contribution < 1.29 is 5.11 Å². The molecule has 100 valence electrons. The quantitative estimate of drug-likeness (QED) is 0.893. The molecule has 0 bridgehead atoms. The zero-order valence-electron chi connectivity index (χ0n) is 11.2. The average molecular weight is 257 g/mol. The first-order valence-corrected chi connectivity index (χ1v) is 6.87. The van der Waals surface area contributed by atoms with E-state index in [-0.39, 0.29) is 6.61 Å². The van der Waals surface area contributed by atoms with Crippen LogP contribution in [-0.2, 0) is 19.4 Å². The van der Waals surface area contributed by atoms with E-state index in [1.165, 1.54) is 24.0 Å². The van der Waals surface area contributed by atoms with Crippen LogP contribution in [0.5, 0.6) is 0 Å². The van der Waals surface area contributed by atoms with Crippen molar-refractivity contribution in [3.05, 3.63) is 47.0 Å². The molecule has 2 aromatic rings. The minimum Gasteiger partial charge on any atom is -0.388 e. The molecule has 1 aromatic heterocycles. The van der Waals surface area contributed by atoms with Crippen LogP contribution in [0.2, 0.25) is 0 Å². The van der Waals surface area contributed by atoms with Gasteiger partial charge in [-0.15, -0.1) is 10.2 Å². The summed E-state index contributed by atoms with van der Waals surface area (Å²) in [6, 6.07) is 9.09. The van der Waals surface area contributed by atoms with Crippen molar-refractivity contribution in [2.45, 2.75) is 45.3 Å². The largest absolute Gasteiger partial charge is 0.388 e. The van der Waals surface area contributed by atoms with Crippen LogP contribution in [0, 0.1) is 6.92 Å². The van der Waals surface area contributed by atoms with Gasteiger partial charge >= 0.3 is 0 Å². The molecule has 1 heterocycles. The first-order chi connectivity index (χ1) is 9.28. The second-order valence-electron chi connectivity index (χ2n) is 5.28. The Balaban J connectivity index is 1.75. The van der Waals surface area contributed by atoms with Crippen LogP contribution in [0.3, 0.4) is 0 Å². The van der Waals surface area contributed by atoms with Gasteiger partial charge in [0.1, 0.15) is 12.4 Å². The Hall–Kier alpha value is -1.68. The third-order valence-electron chi connectivity index (χ3n) is 3.61. The highest BCUT2D eigenvalue weighted by Crippen LogP contribution is 2.36. The Morgan fingerprint density at radius 2 is 2.00 bits per heavy atom. The van der Waals surface area contributed by atoms with Gasteiger partial charge in [-0.05, 0) is 31.7 Å². The third kappa shape index (κ3) is 2.68. The van der Waals surface area contributed by atoms with Crippen LogP contribution >= 0.6 is 0 Å². The summed E-state index contributed by atoms with van der Waals surface area (Å²) >= 11 is 0. The maximum atomic E-state index is 9.31. The second-order valence-corrected chi connectivity index (χ2v) is 5.28. The highest BCUT2D eigenvalue weighted by atomic mass is 16.3. The standard InChI is InChI=1S/C15H19N3O/c1-11-3-2-4-12(9-11)5-8-14-16-17-15(10-19)18(14)13-6-7-13/h2-4,9,13,19H,5-8,10H2,1H3. The van der Waals surface area contributed by atoms with Gasteiger partial charge in [-0.1, -0.05) is 29.8 Å². The number of aliphatic hydroxyl groups is 1. The molecule has 3 rings (SSSR count). The first-order valence-electron chi connectivity index (χ1n) is 6.87. The SMILES string of the molecule is Cc1cccc(CCc2nnc(CO)n2C2CC2)c1. The monoisotopic (exact) mass is 257 g/mol. The fraction of sp³-hybridized carbons (Fsp3) is 0.467. The Morgan fingerprint density at radius 3 is 2.68 bits per heavy atom. The van der Waals surface area contributed by atoms with Crippen LogP contribution in [0.25, 0.3) is 0 Å². The van der Waals surface area contributed by atoms with Crippen LogP contribution in [0.4, 0.5) is 0 Å². The van der Waals surface area contributed by atoms with E-state index in [0.717, 1.165) is 18.7 Å². The zero-order chi connectivity index (χ0) is 13.2. The lowest BCUT2D eigenvalue weighted by Crippen LogP contribution is -2.07. The van der Waals surface area contributed by atoms with Crippen molar-refractivity contribution >= 4 is 0 Å². The van der Waals surface area contributed by atoms with E-state index in [1.807, 2.05) is 0 Å².